The van der Waals surface area contributed by atoms with E-state index in [2.05, 4.69) is 5.32 Å². The lowest BCUT2D eigenvalue weighted by Crippen LogP contribution is -2.33. The van der Waals surface area contributed by atoms with Gasteiger partial charge in [0.05, 0.1) is 0 Å². The number of nitrogens with one attached hydrogen (secondary N) is 1. The number of amides is 1. The van der Waals surface area contributed by atoms with Gasteiger partial charge in [0.2, 0.25) is 5.91 Å². The number of hydrogen-bond acceptors (Lipinski definition) is 3. The standard InChI is InChI=1S/C11H20N2O3/c14-10(4-1-2-5-11(15)16)13-8-3-6-12-7-9-13/h12H,1-9H2,(H,15,16). The van der Waals surface area contributed by atoms with Crippen LogP contribution in [0.2, 0.25) is 0 Å². The van der Waals surface area contributed by atoms with Gasteiger partial charge in [0.15, 0.2) is 0 Å². The summed E-state index contributed by atoms with van der Waals surface area (Å²) in [5, 5.41) is 11.7. The Morgan fingerprint density at radius 1 is 1.12 bits per heavy atom. The topological polar surface area (TPSA) is 69.6 Å². The first-order chi connectivity index (χ1) is 7.70. The van der Waals surface area contributed by atoms with Gasteiger partial charge in [-0.05, 0) is 25.8 Å². The molecule has 1 fully saturated rings. The lowest BCUT2D eigenvalue weighted by atomic mass is 10.2. The number of carbonyl (C=O) groups excluding carboxylic acids is 1. The van der Waals surface area contributed by atoms with Crippen LogP contribution >= 0.6 is 0 Å². The van der Waals surface area contributed by atoms with Gasteiger partial charge in [-0.15, -0.1) is 0 Å². The fourth-order valence-corrected chi connectivity index (χ4v) is 1.81. The third-order valence-electron chi connectivity index (χ3n) is 2.72. The molecule has 2 N–H and O–H groups in total. The lowest BCUT2D eigenvalue weighted by Gasteiger charge is -2.19. The van der Waals surface area contributed by atoms with Gasteiger partial charge in [0, 0.05) is 32.5 Å². The summed E-state index contributed by atoms with van der Waals surface area (Å²) in [4.78, 5) is 23.9. The summed E-state index contributed by atoms with van der Waals surface area (Å²) < 4.78 is 0. The van der Waals surface area contributed by atoms with Crippen molar-refractivity contribution in [3.05, 3.63) is 0 Å². The van der Waals surface area contributed by atoms with Crippen LogP contribution in [0.1, 0.15) is 32.1 Å². The van der Waals surface area contributed by atoms with E-state index in [1.54, 1.807) is 0 Å². The Labute approximate surface area is 95.8 Å². The summed E-state index contributed by atoms with van der Waals surface area (Å²) in [5.41, 5.74) is 0. The Morgan fingerprint density at radius 3 is 2.62 bits per heavy atom. The van der Waals surface area contributed by atoms with Gasteiger partial charge in [0.1, 0.15) is 0 Å². The number of hydrogen-bond donors (Lipinski definition) is 2. The molecule has 5 heteroatoms. The Bertz CT molecular complexity index is 235. The van der Waals surface area contributed by atoms with E-state index in [1.807, 2.05) is 4.90 Å². The highest BCUT2D eigenvalue weighted by molar-refractivity contribution is 5.76. The van der Waals surface area contributed by atoms with Crippen LogP contribution in [-0.4, -0.2) is 48.1 Å². The Morgan fingerprint density at radius 2 is 1.88 bits per heavy atom. The number of aliphatic carboxylic acids is 1. The van der Waals surface area contributed by atoms with Crippen molar-refractivity contribution in [3.8, 4) is 0 Å². The fraction of sp³-hybridized carbons (Fsp3) is 0.818. The second-order valence-corrected chi connectivity index (χ2v) is 4.09. The summed E-state index contributed by atoms with van der Waals surface area (Å²) in [6.45, 7) is 3.44. The number of unbranched alkanes of at least 4 members (excludes halogenated alkanes) is 1. The monoisotopic (exact) mass is 228 g/mol. The molecule has 1 aliphatic heterocycles. The summed E-state index contributed by atoms with van der Waals surface area (Å²) in [6.07, 6.45) is 2.91. The average molecular weight is 228 g/mol. The molecule has 0 atom stereocenters. The maximum absolute atomic E-state index is 11.7. The fourth-order valence-electron chi connectivity index (χ4n) is 1.81. The number of carboxylic acids is 1. The molecule has 0 radical (unpaired) electrons. The lowest BCUT2D eigenvalue weighted by molar-refractivity contribution is -0.137. The summed E-state index contributed by atoms with van der Waals surface area (Å²) in [7, 11) is 0. The van der Waals surface area contributed by atoms with Crippen LogP contribution in [0.5, 0.6) is 0 Å². The molecule has 0 bridgehead atoms. The van der Waals surface area contributed by atoms with Gasteiger partial charge in [-0.1, -0.05) is 0 Å². The predicted octanol–water partition coefficient (Wildman–Crippen LogP) is 0.453. The van der Waals surface area contributed by atoms with E-state index in [1.165, 1.54) is 0 Å². The highest BCUT2D eigenvalue weighted by atomic mass is 16.4. The maximum atomic E-state index is 11.7. The molecular weight excluding hydrogens is 208 g/mol. The molecule has 0 unspecified atom stereocenters. The van der Waals surface area contributed by atoms with E-state index in [4.69, 9.17) is 5.11 Å². The molecule has 0 aromatic rings. The summed E-state index contributed by atoms with van der Waals surface area (Å²) >= 11 is 0. The smallest absolute Gasteiger partial charge is 0.303 e. The second-order valence-electron chi connectivity index (χ2n) is 4.09. The van der Waals surface area contributed by atoms with E-state index in [9.17, 15) is 9.59 Å². The molecule has 0 saturated carbocycles. The largest absolute Gasteiger partial charge is 0.481 e. The van der Waals surface area contributed by atoms with Crippen molar-refractivity contribution >= 4 is 11.9 Å². The number of rotatable bonds is 5. The molecule has 1 aliphatic rings. The van der Waals surface area contributed by atoms with Gasteiger partial charge in [-0.3, -0.25) is 9.59 Å². The Balaban J connectivity index is 2.15. The third-order valence-corrected chi connectivity index (χ3v) is 2.72. The SMILES string of the molecule is O=C(O)CCCCC(=O)N1CCCNCC1. The van der Waals surface area contributed by atoms with Crippen LogP contribution < -0.4 is 5.32 Å². The minimum absolute atomic E-state index is 0.161. The molecule has 1 saturated heterocycles. The van der Waals surface area contributed by atoms with Gasteiger partial charge in [-0.2, -0.15) is 0 Å². The molecule has 5 nitrogen and oxygen atoms in total. The van der Waals surface area contributed by atoms with Crippen LogP contribution in [0, 0.1) is 0 Å². The molecule has 0 spiro atoms. The van der Waals surface area contributed by atoms with Crippen LogP contribution in [-0.2, 0) is 9.59 Å². The van der Waals surface area contributed by atoms with Crippen LogP contribution in [0.25, 0.3) is 0 Å². The molecule has 0 aliphatic carbocycles. The van der Waals surface area contributed by atoms with Crippen molar-refractivity contribution in [1.82, 2.24) is 10.2 Å². The molecule has 1 amide bonds. The van der Waals surface area contributed by atoms with Gasteiger partial charge >= 0.3 is 5.97 Å². The highest BCUT2D eigenvalue weighted by Crippen LogP contribution is 2.05. The van der Waals surface area contributed by atoms with Crippen LogP contribution in [0.15, 0.2) is 0 Å². The van der Waals surface area contributed by atoms with E-state index in [0.717, 1.165) is 32.6 Å². The maximum Gasteiger partial charge on any atom is 0.303 e. The van der Waals surface area contributed by atoms with Crippen molar-refractivity contribution in [2.75, 3.05) is 26.2 Å². The van der Waals surface area contributed by atoms with Crippen molar-refractivity contribution < 1.29 is 14.7 Å². The van der Waals surface area contributed by atoms with E-state index in [-0.39, 0.29) is 12.3 Å². The van der Waals surface area contributed by atoms with Crippen LogP contribution in [0.4, 0.5) is 0 Å². The zero-order chi connectivity index (χ0) is 11.8. The number of nitrogens with zero attached hydrogens (tertiary/aromatic N) is 1. The van der Waals surface area contributed by atoms with E-state index < -0.39 is 5.97 Å². The summed E-state index contributed by atoms with van der Waals surface area (Å²) in [5.74, 6) is -0.625. The minimum Gasteiger partial charge on any atom is -0.481 e. The quantitative estimate of drug-likeness (QED) is 0.670. The predicted molar refractivity (Wildman–Crippen MR) is 60.2 cm³/mol. The van der Waals surface area contributed by atoms with Crippen molar-refractivity contribution in [2.24, 2.45) is 0 Å². The highest BCUT2D eigenvalue weighted by Gasteiger charge is 2.14. The Hall–Kier alpha value is -1.10. The van der Waals surface area contributed by atoms with Crippen molar-refractivity contribution in [3.63, 3.8) is 0 Å². The first kappa shape index (κ1) is 13.0. The molecule has 92 valence electrons. The normalized spacial score (nSPS) is 16.9. The second kappa shape index (κ2) is 7.22. The average Bonchev–Trinajstić information content (AvgIpc) is 2.52. The first-order valence-corrected chi connectivity index (χ1v) is 5.90. The van der Waals surface area contributed by atoms with Crippen LogP contribution in [0.3, 0.4) is 0 Å². The molecule has 16 heavy (non-hydrogen) atoms. The Kier molecular flexibility index (Phi) is 5.85. The molecular formula is C11H20N2O3. The third kappa shape index (κ3) is 5.11. The molecule has 0 aromatic carbocycles. The van der Waals surface area contributed by atoms with Gasteiger partial charge < -0.3 is 15.3 Å². The zero-order valence-electron chi connectivity index (χ0n) is 9.57. The van der Waals surface area contributed by atoms with E-state index in [0.29, 0.717) is 19.3 Å². The molecule has 0 aromatic heterocycles. The van der Waals surface area contributed by atoms with Gasteiger partial charge in [0.25, 0.3) is 0 Å². The summed E-state index contributed by atoms with van der Waals surface area (Å²) in [6, 6.07) is 0. The minimum atomic E-state index is -0.786. The molecule has 1 rings (SSSR count). The van der Waals surface area contributed by atoms with E-state index >= 15 is 0 Å². The van der Waals surface area contributed by atoms with Gasteiger partial charge in [-0.25, -0.2) is 0 Å². The number of carboxylic acid groups (broad SMARTS) is 1. The number of carbonyl (C=O) groups is 2. The van der Waals surface area contributed by atoms with Crippen molar-refractivity contribution in [1.29, 1.82) is 0 Å². The van der Waals surface area contributed by atoms with Crippen molar-refractivity contribution in [2.45, 2.75) is 32.1 Å². The molecule has 1 heterocycles. The first-order valence-electron chi connectivity index (χ1n) is 5.90. The zero-order valence-corrected chi connectivity index (χ0v) is 9.57.